The van der Waals surface area contributed by atoms with Gasteiger partial charge in [0.25, 0.3) is 0 Å². The number of hydrogen-bond donors (Lipinski definition) is 6. The minimum absolute atomic E-state index is 0.00405. The number of nitrogens with two attached hydrogens (primary N) is 1. The Morgan fingerprint density at radius 2 is 1.46 bits per heavy atom. The van der Waals surface area contributed by atoms with Crippen molar-refractivity contribution < 1.29 is 43.3 Å². The third-order valence-corrected chi connectivity index (χ3v) is 11.8. The minimum atomic E-state index is -1.39. The van der Waals surface area contributed by atoms with E-state index in [1.807, 2.05) is 55.1 Å². The second-order valence-electron chi connectivity index (χ2n) is 16.4. The van der Waals surface area contributed by atoms with Crippen LogP contribution in [-0.4, -0.2) is 102 Å². The van der Waals surface area contributed by atoms with E-state index < -0.39 is 72.5 Å². The number of esters is 1. The Morgan fingerprint density at radius 3 is 2.05 bits per heavy atom. The molecule has 15 nitrogen and oxygen atoms in total. The smallest absolute Gasteiger partial charge is 0.408 e. The van der Waals surface area contributed by atoms with Crippen LogP contribution >= 0.6 is 0 Å². The van der Waals surface area contributed by atoms with Crippen LogP contribution < -0.4 is 27.0 Å². The monoisotopic (exact) mass is 820 g/mol. The van der Waals surface area contributed by atoms with Crippen LogP contribution in [0, 0.1) is 23.7 Å². The number of ether oxygens (including phenoxy) is 2. The number of amides is 5. The molecule has 2 aliphatic rings. The van der Waals surface area contributed by atoms with E-state index in [1.54, 1.807) is 38.1 Å². The van der Waals surface area contributed by atoms with Gasteiger partial charge in [-0.1, -0.05) is 114 Å². The van der Waals surface area contributed by atoms with E-state index in [0.29, 0.717) is 25.3 Å². The van der Waals surface area contributed by atoms with Gasteiger partial charge < -0.3 is 41.6 Å². The van der Waals surface area contributed by atoms with E-state index in [4.69, 9.17) is 15.2 Å². The number of piperidine rings is 1. The van der Waals surface area contributed by atoms with Crippen molar-refractivity contribution >= 4 is 35.7 Å². The number of β-amino-alcohol motifs (C(OH)–C–C–N with tert-alkyl or cyclic N) is 1. The van der Waals surface area contributed by atoms with E-state index >= 15 is 0 Å². The van der Waals surface area contributed by atoms with Crippen molar-refractivity contribution in [2.75, 3.05) is 20.2 Å². The molecule has 7 N–H and O–H groups in total. The maximum atomic E-state index is 14.4. The van der Waals surface area contributed by atoms with Crippen molar-refractivity contribution in [3.05, 3.63) is 71.8 Å². The summed E-state index contributed by atoms with van der Waals surface area (Å²) in [6.07, 6.45) is 2.74. The Kier molecular flexibility index (Phi) is 18.2. The number of aliphatic hydroxyl groups is 1. The van der Waals surface area contributed by atoms with Gasteiger partial charge in [0.1, 0.15) is 24.7 Å². The maximum Gasteiger partial charge on any atom is 0.408 e. The molecule has 2 unspecified atom stereocenters. The average molecular weight is 821 g/mol. The first-order chi connectivity index (χ1) is 28.2. The lowest BCUT2D eigenvalue weighted by atomic mass is 9.72. The average Bonchev–Trinajstić information content (AvgIpc) is 3.22. The second kappa shape index (κ2) is 22.9. The first-order valence-electron chi connectivity index (χ1n) is 20.9. The number of rotatable bonds is 20. The van der Waals surface area contributed by atoms with Gasteiger partial charge >= 0.3 is 12.1 Å². The van der Waals surface area contributed by atoms with Crippen molar-refractivity contribution in [3.63, 3.8) is 0 Å². The molecular weight excluding hydrogens is 757 g/mol. The molecular formula is C44H64N6O9. The van der Waals surface area contributed by atoms with E-state index in [-0.39, 0.29) is 43.2 Å². The Hall–Kier alpha value is -5.02. The number of alkyl carbamates (subject to hydrolysis) is 1. The van der Waals surface area contributed by atoms with Crippen LogP contribution in [0.15, 0.2) is 60.7 Å². The molecule has 1 saturated heterocycles. The van der Waals surface area contributed by atoms with E-state index in [1.165, 1.54) is 7.11 Å². The number of likely N-dealkylation sites (tertiary alicyclic amines) is 1. The molecule has 324 valence electrons. The number of aliphatic hydroxyl groups excluding tert-OH is 1. The lowest BCUT2D eigenvalue weighted by molar-refractivity contribution is -0.147. The molecule has 5 amide bonds. The normalized spacial score (nSPS) is 21.0. The molecule has 0 aromatic heterocycles. The van der Waals surface area contributed by atoms with Gasteiger partial charge in [-0.15, -0.1) is 0 Å². The van der Waals surface area contributed by atoms with Crippen molar-refractivity contribution in [1.29, 1.82) is 0 Å². The SMILES string of the molecule is CC[C@H](C)[C@H](NC(=O)[C@@H]1CC2CCCCC2CN1C[C@H](O)[C@H](Cc1ccccc1)NC(=O)[C@H](CC(N)=O)NC(=O)OCc1ccccc1)C(=O)N[C@H](C(=O)OC)C(C)C. The van der Waals surface area contributed by atoms with Crippen LogP contribution in [0.4, 0.5) is 4.79 Å². The summed E-state index contributed by atoms with van der Waals surface area (Å²) >= 11 is 0. The summed E-state index contributed by atoms with van der Waals surface area (Å²) in [5, 5.41) is 23.2. The third kappa shape index (κ3) is 14.1. The summed E-state index contributed by atoms with van der Waals surface area (Å²) in [4.78, 5) is 81.4. The highest BCUT2D eigenvalue weighted by atomic mass is 16.5. The fourth-order valence-corrected chi connectivity index (χ4v) is 8.11. The van der Waals surface area contributed by atoms with Gasteiger partial charge in [0, 0.05) is 13.1 Å². The number of hydrogen-bond acceptors (Lipinski definition) is 10. The number of benzene rings is 2. The van der Waals surface area contributed by atoms with Gasteiger partial charge in [0.2, 0.25) is 23.6 Å². The summed E-state index contributed by atoms with van der Waals surface area (Å²) in [5.74, 6) is -2.91. The molecule has 59 heavy (non-hydrogen) atoms. The van der Waals surface area contributed by atoms with E-state index in [2.05, 4.69) is 21.3 Å². The molecule has 4 rings (SSSR count). The highest BCUT2D eigenvalue weighted by Crippen LogP contribution is 2.39. The maximum absolute atomic E-state index is 14.4. The molecule has 0 radical (unpaired) electrons. The first kappa shape index (κ1) is 46.7. The van der Waals surface area contributed by atoms with E-state index in [0.717, 1.165) is 36.8 Å². The molecule has 1 heterocycles. The molecule has 2 fully saturated rings. The predicted molar refractivity (Wildman–Crippen MR) is 221 cm³/mol. The van der Waals surface area contributed by atoms with Crippen molar-refractivity contribution in [2.45, 2.75) is 122 Å². The van der Waals surface area contributed by atoms with Crippen LogP contribution in [0.3, 0.4) is 0 Å². The molecule has 2 aromatic carbocycles. The molecule has 0 bridgehead atoms. The quantitative estimate of drug-likeness (QED) is 0.107. The standard InChI is InChI=1S/C44H64N6O9/c1-6-28(4)39(42(55)48-38(27(2)3)43(56)58-5)49-41(54)35-22-31-19-13-14-20-32(31)24-50(35)25-36(51)33(21-29-15-9-7-10-16-29)46-40(53)34(23-37(45)52)47-44(57)59-26-30-17-11-8-12-18-30/h7-12,15-18,27-28,31-36,38-39,51H,6,13-14,19-26H2,1-5H3,(H2,45,52)(H,46,53)(H,47,57)(H,48,55)(H,49,54)/t28-,31?,32?,33-,34-,35-,36-,38-,39-/m0/s1. The minimum Gasteiger partial charge on any atom is -0.467 e. The lowest BCUT2D eigenvalue weighted by Gasteiger charge is -2.47. The fourth-order valence-electron chi connectivity index (χ4n) is 8.11. The molecule has 1 aliphatic carbocycles. The van der Waals surface area contributed by atoms with Crippen molar-refractivity contribution in [2.24, 2.45) is 29.4 Å². The Morgan fingerprint density at radius 1 is 0.831 bits per heavy atom. The molecule has 0 spiro atoms. The van der Waals surface area contributed by atoms with Crippen LogP contribution in [0.1, 0.15) is 83.8 Å². The van der Waals surface area contributed by atoms with Gasteiger partial charge in [0.15, 0.2) is 0 Å². The number of primary amides is 1. The molecule has 1 aliphatic heterocycles. The number of nitrogens with one attached hydrogen (secondary N) is 4. The molecule has 1 saturated carbocycles. The highest BCUT2D eigenvalue weighted by Gasteiger charge is 2.43. The first-order valence-corrected chi connectivity index (χ1v) is 20.9. The fraction of sp³-hybridized carbons (Fsp3) is 0.591. The zero-order chi connectivity index (χ0) is 43.1. The third-order valence-electron chi connectivity index (χ3n) is 11.8. The van der Waals surface area contributed by atoms with Gasteiger partial charge in [-0.25, -0.2) is 9.59 Å². The number of methoxy groups -OCH3 is 1. The summed E-state index contributed by atoms with van der Waals surface area (Å²) in [6.45, 7) is 7.86. The number of nitrogens with zero attached hydrogens (tertiary/aromatic N) is 1. The predicted octanol–water partition coefficient (Wildman–Crippen LogP) is 2.97. The number of carbonyl (C=O) groups excluding carboxylic acids is 6. The van der Waals surface area contributed by atoms with Gasteiger partial charge in [-0.3, -0.25) is 24.1 Å². The Balaban J connectivity index is 1.56. The Bertz CT molecular complexity index is 1700. The number of carbonyl (C=O) groups is 6. The summed E-state index contributed by atoms with van der Waals surface area (Å²) in [6, 6.07) is 13.4. The zero-order valence-electron chi connectivity index (χ0n) is 35.1. The van der Waals surface area contributed by atoms with Crippen molar-refractivity contribution in [3.8, 4) is 0 Å². The lowest BCUT2D eigenvalue weighted by Crippen LogP contribution is -2.62. The largest absolute Gasteiger partial charge is 0.467 e. The topological polar surface area (TPSA) is 218 Å². The van der Waals surface area contributed by atoms with Crippen LogP contribution in [0.5, 0.6) is 0 Å². The highest BCUT2D eigenvalue weighted by molar-refractivity contribution is 5.92. The summed E-state index contributed by atoms with van der Waals surface area (Å²) in [5.41, 5.74) is 7.03. The second-order valence-corrected chi connectivity index (χ2v) is 16.4. The van der Waals surface area contributed by atoms with Gasteiger partial charge in [-0.2, -0.15) is 0 Å². The van der Waals surface area contributed by atoms with Crippen LogP contribution in [0.2, 0.25) is 0 Å². The summed E-state index contributed by atoms with van der Waals surface area (Å²) < 4.78 is 10.2. The van der Waals surface area contributed by atoms with Gasteiger partial charge in [0.05, 0.1) is 31.7 Å². The Labute approximate surface area is 347 Å². The molecule has 9 atom stereocenters. The van der Waals surface area contributed by atoms with Gasteiger partial charge in [-0.05, 0) is 54.1 Å². The molecule has 15 heteroatoms. The zero-order valence-corrected chi connectivity index (χ0v) is 35.1. The number of fused-ring (bicyclic) bond motifs is 1. The molecule has 2 aromatic rings. The van der Waals surface area contributed by atoms with E-state index in [9.17, 15) is 33.9 Å². The summed E-state index contributed by atoms with van der Waals surface area (Å²) in [7, 11) is 1.26. The van der Waals surface area contributed by atoms with Crippen molar-refractivity contribution in [1.82, 2.24) is 26.2 Å². The van der Waals surface area contributed by atoms with Crippen LogP contribution in [-0.2, 0) is 46.5 Å². The van der Waals surface area contributed by atoms with Crippen LogP contribution in [0.25, 0.3) is 0 Å².